The number of hydrogen-bond donors (Lipinski definition) is 1. The van der Waals surface area contributed by atoms with E-state index in [1.165, 1.54) is 12.5 Å². The SMILES string of the molecule is CC(=O)c1cnc(NC2CCN(Cc3ccc(Cl)cc3)CC2)nc1C. The van der Waals surface area contributed by atoms with Gasteiger partial charge in [-0.3, -0.25) is 9.69 Å². The highest BCUT2D eigenvalue weighted by Gasteiger charge is 2.20. The summed E-state index contributed by atoms with van der Waals surface area (Å²) in [5.41, 5.74) is 2.60. The summed E-state index contributed by atoms with van der Waals surface area (Å²) in [7, 11) is 0. The Labute approximate surface area is 153 Å². The molecule has 1 aliphatic rings. The van der Waals surface area contributed by atoms with E-state index >= 15 is 0 Å². The number of halogens is 1. The van der Waals surface area contributed by atoms with Gasteiger partial charge < -0.3 is 5.32 Å². The lowest BCUT2D eigenvalue weighted by molar-refractivity contribution is 0.101. The molecule has 2 aromatic rings. The number of benzene rings is 1. The zero-order valence-electron chi connectivity index (χ0n) is 14.6. The highest BCUT2D eigenvalue weighted by molar-refractivity contribution is 6.30. The Hall–Kier alpha value is -1.98. The van der Waals surface area contributed by atoms with Crippen molar-refractivity contribution >= 4 is 23.3 Å². The van der Waals surface area contributed by atoms with Gasteiger partial charge in [-0.25, -0.2) is 9.97 Å². The monoisotopic (exact) mass is 358 g/mol. The molecule has 25 heavy (non-hydrogen) atoms. The van der Waals surface area contributed by atoms with Crippen LogP contribution in [0.15, 0.2) is 30.5 Å². The fourth-order valence-electron chi connectivity index (χ4n) is 3.15. The van der Waals surface area contributed by atoms with Gasteiger partial charge in [0, 0.05) is 36.9 Å². The summed E-state index contributed by atoms with van der Waals surface area (Å²) in [6.45, 7) is 6.40. The molecule has 6 heteroatoms. The molecule has 1 saturated heterocycles. The average Bonchev–Trinajstić information content (AvgIpc) is 2.58. The lowest BCUT2D eigenvalue weighted by Gasteiger charge is -2.32. The second-order valence-electron chi connectivity index (χ2n) is 6.57. The molecule has 0 spiro atoms. The van der Waals surface area contributed by atoms with Gasteiger partial charge in [-0.05, 0) is 44.4 Å². The molecule has 5 nitrogen and oxygen atoms in total. The van der Waals surface area contributed by atoms with Crippen LogP contribution in [0.5, 0.6) is 0 Å². The van der Waals surface area contributed by atoms with Gasteiger partial charge in [-0.1, -0.05) is 23.7 Å². The van der Waals surface area contributed by atoms with Crippen LogP contribution in [0.3, 0.4) is 0 Å². The smallest absolute Gasteiger partial charge is 0.223 e. The first-order valence-corrected chi connectivity index (χ1v) is 8.97. The van der Waals surface area contributed by atoms with Gasteiger partial charge in [0.25, 0.3) is 0 Å². The first-order chi connectivity index (χ1) is 12.0. The van der Waals surface area contributed by atoms with Crippen molar-refractivity contribution in [3.05, 3.63) is 52.3 Å². The molecule has 1 fully saturated rings. The summed E-state index contributed by atoms with van der Waals surface area (Å²) in [6.07, 6.45) is 3.71. The molecule has 1 N–H and O–H groups in total. The van der Waals surface area contributed by atoms with E-state index in [1.807, 2.05) is 19.1 Å². The topological polar surface area (TPSA) is 58.1 Å². The van der Waals surface area contributed by atoms with E-state index in [2.05, 4.69) is 32.3 Å². The van der Waals surface area contributed by atoms with E-state index < -0.39 is 0 Å². The van der Waals surface area contributed by atoms with Crippen LogP contribution in [0.25, 0.3) is 0 Å². The van der Waals surface area contributed by atoms with Crippen LogP contribution in [0.1, 0.15) is 41.4 Å². The number of hydrogen-bond acceptors (Lipinski definition) is 5. The zero-order chi connectivity index (χ0) is 17.8. The number of ketones is 1. The summed E-state index contributed by atoms with van der Waals surface area (Å²) in [5.74, 6) is 0.609. The molecule has 0 amide bonds. The van der Waals surface area contributed by atoms with E-state index in [1.54, 1.807) is 6.20 Å². The number of carbonyl (C=O) groups excluding carboxylic acids is 1. The highest BCUT2D eigenvalue weighted by atomic mass is 35.5. The van der Waals surface area contributed by atoms with Crippen LogP contribution in [-0.2, 0) is 6.54 Å². The van der Waals surface area contributed by atoms with Gasteiger partial charge in [0.2, 0.25) is 5.95 Å². The number of rotatable bonds is 5. The van der Waals surface area contributed by atoms with Crippen molar-refractivity contribution in [2.24, 2.45) is 0 Å². The van der Waals surface area contributed by atoms with Crippen molar-refractivity contribution < 1.29 is 4.79 Å². The molecule has 0 unspecified atom stereocenters. The van der Waals surface area contributed by atoms with Crippen LogP contribution in [0.2, 0.25) is 5.02 Å². The van der Waals surface area contributed by atoms with Crippen LogP contribution >= 0.6 is 11.6 Å². The fraction of sp³-hybridized carbons (Fsp3) is 0.421. The summed E-state index contributed by atoms with van der Waals surface area (Å²) in [4.78, 5) is 22.6. The first-order valence-electron chi connectivity index (χ1n) is 8.59. The predicted molar refractivity (Wildman–Crippen MR) is 100 cm³/mol. The molecule has 0 aliphatic carbocycles. The average molecular weight is 359 g/mol. The maximum Gasteiger partial charge on any atom is 0.223 e. The van der Waals surface area contributed by atoms with Gasteiger partial charge in [0.15, 0.2) is 5.78 Å². The first kappa shape index (κ1) is 17.8. The number of aryl methyl sites for hydroxylation is 1. The maximum absolute atomic E-state index is 11.5. The van der Waals surface area contributed by atoms with E-state index in [9.17, 15) is 4.79 Å². The minimum absolute atomic E-state index is 0.000410. The Bertz CT molecular complexity index is 740. The Kier molecular flexibility index (Phi) is 5.66. The quantitative estimate of drug-likeness (QED) is 0.825. The number of nitrogens with zero attached hydrogens (tertiary/aromatic N) is 3. The van der Waals surface area contributed by atoms with E-state index in [0.29, 0.717) is 17.6 Å². The van der Waals surface area contributed by atoms with Crippen LogP contribution in [0.4, 0.5) is 5.95 Å². The minimum Gasteiger partial charge on any atom is -0.351 e. The van der Waals surface area contributed by atoms with Gasteiger partial charge in [0.05, 0.1) is 11.3 Å². The molecule has 2 heterocycles. The third-order valence-electron chi connectivity index (χ3n) is 4.60. The predicted octanol–water partition coefficient (Wildman–Crippen LogP) is 3.72. The van der Waals surface area contributed by atoms with E-state index in [0.717, 1.165) is 43.2 Å². The summed E-state index contributed by atoms with van der Waals surface area (Å²) in [5, 5.41) is 4.18. The van der Waals surface area contributed by atoms with Gasteiger partial charge in [-0.2, -0.15) is 0 Å². The number of piperidine rings is 1. The molecule has 1 aromatic carbocycles. The molecule has 0 saturated carbocycles. The van der Waals surface area contributed by atoms with Gasteiger partial charge >= 0.3 is 0 Å². The zero-order valence-corrected chi connectivity index (χ0v) is 15.4. The number of nitrogens with one attached hydrogen (secondary N) is 1. The second kappa shape index (κ2) is 7.93. The van der Waals surface area contributed by atoms with Crippen molar-refractivity contribution in [1.82, 2.24) is 14.9 Å². The lowest BCUT2D eigenvalue weighted by Crippen LogP contribution is -2.39. The minimum atomic E-state index is -0.000410. The maximum atomic E-state index is 11.5. The van der Waals surface area contributed by atoms with E-state index in [4.69, 9.17) is 11.6 Å². The third kappa shape index (κ3) is 4.77. The number of Topliss-reactive ketones (excluding diaryl/α,β-unsaturated/α-hetero) is 1. The molecule has 0 bridgehead atoms. The van der Waals surface area contributed by atoms with Crippen molar-refractivity contribution in [2.75, 3.05) is 18.4 Å². The summed E-state index contributed by atoms with van der Waals surface area (Å²) < 4.78 is 0. The van der Waals surface area contributed by atoms with Crippen molar-refractivity contribution in [2.45, 2.75) is 39.3 Å². The number of aromatic nitrogens is 2. The third-order valence-corrected chi connectivity index (χ3v) is 4.85. The second-order valence-corrected chi connectivity index (χ2v) is 7.01. The molecule has 0 radical (unpaired) electrons. The van der Waals surface area contributed by atoms with Crippen molar-refractivity contribution in [3.8, 4) is 0 Å². The molecule has 1 aliphatic heterocycles. The summed E-state index contributed by atoms with van der Waals surface area (Å²) >= 11 is 5.94. The number of carbonyl (C=O) groups is 1. The molecular weight excluding hydrogens is 336 g/mol. The Morgan fingerprint density at radius 2 is 1.96 bits per heavy atom. The fourth-order valence-corrected chi connectivity index (χ4v) is 3.27. The highest BCUT2D eigenvalue weighted by Crippen LogP contribution is 2.18. The summed E-state index contributed by atoms with van der Waals surface area (Å²) in [6, 6.07) is 8.41. The number of anilines is 1. The Balaban J connectivity index is 1.51. The number of likely N-dealkylation sites (tertiary alicyclic amines) is 1. The Morgan fingerprint density at radius 1 is 1.28 bits per heavy atom. The van der Waals surface area contributed by atoms with Crippen LogP contribution in [0, 0.1) is 6.92 Å². The molecular formula is C19H23ClN4O. The largest absolute Gasteiger partial charge is 0.351 e. The standard InChI is InChI=1S/C19H23ClN4O/c1-13-18(14(2)25)11-21-19(22-13)23-17-7-9-24(10-8-17)12-15-3-5-16(20)6-4-15/h3-6,11,17H,7-10,12H2,1-2H3,(H,21,22,23). The van der Waals surface area contributed by atoms with Crippen LogP contribution < -0.4 is 5.32 Å². The normalized spacial score (nSPS) is 16.0. The lowest BCUT2D eigenvalue weighted by atomic mass is 10.0. The molecule has 132 valence electrons. The Morgan fingerprint density at radius 3 is 2.56 bits per heavy atom. The van der Waals surface area contributed by atoms with Crippen LogP contribution in [-0.4, -0.2) is 39.8 Å². The van der Waals surface area contributed by atoms with Crippen molar-refractivity contribution in [3.63, 3.8) is 0 Å². The van der Waals surface area contributed by atoms with Crippen molar-refractivity contribution in [1.29, 1.82) is 0 Å². The van der Waals surface area contributed by atoms with Gasteiger partial charge in [0.1, 0.15) is 0 Å². The molecule has 1 aromatic heterocycles. The molecule has 0 atom stereocenters. The van der Waals surface area contributed by atoms with E-state index in [-0.39, 0.29) is 5.78 Å². The molecule has 3 rings (SSSR count). The van der Waals surface area contributed by atoms with Gasteiger partial charge in [-0.15, -0.1) is 0 Å².